The van der Waals surface area contributed by atoms with Gasteiger partial charge >= 0.3 is 5.97 Å². The lowest BCUT2D eigenvalue weighted by Gasteiger charge is -2.11. The first-order valence-corrected chi connectivity index (χ1v) is 8.19. The number of carbonyl (C=O) groups excluding carboxylic acids is 1. The average molecular weight is 289 g/mol. The number of carboxylic acid groups (broad SMARTS) is 1. The molecular weight excluding hydrogens is 266 g/mol. The molecule has 6 heteroatoms. The second-order valence-electron chi connectivity index (χ2n) is 4.73. The molecule has 0 aromatic carbocycles. The third kappa shape index (κ3) is 6.29. The Morgan fingerprint density at radius 3 is 2.53 bits per heavy atom. The molecule has 0 aromatic rings. The highest BCUT2D eigenvalue weighted by molar-refractivity contribution is 7.98. The van der Waals surface area contributed by atoms with Crippen molar-refractivity contribution >= 4 is 23.6 Å². The average Bonchev–Trinajstić information content (AvgIpc) is 2.87. The Hall–Kier alpha value is -0.750. The summed E-state index contributed by atoms with van der Waals surface area (Å²) in [6.45, 7) is 0.649. The molecule has 1 aliphatic heterocycles. The molecule has 1 fully saturated rings. The fraction of sp³-hybridized carbons (Fsp3) is 0.846. The number of unbranched alkanes of at least 4 members (excludes halogenated alkanes) is 3. The fourth-order valence-corrected chi connectivity index (χ4v) is 2.55. The standard InChI is InChI=1S/C13H23NO4S/c1-19-9-5-3-2-4-8-14-12(15)10-6-7-11(18-10)13(16)17/h10-11H,2-9H2,1H3,(H,14,15)(H,16,17)/t10-,11+/m0/s1. The van der Waals surface area contributed by atoms with Gasteiger partial charge in [-0.25, -0.2) is 4.79 Å². The van der Waals surface area contributed by atoms with E-state index in [4.69, 9.17) is 9.84 Å². The largest absolute Gasteiger partial charge is 0.479 e. The quantitative estimate of drug-likeness (QED) is 0.631. The number of hydrogen-bond donors (Lipinski definition) is 2. The smallest absolute Gasteiger partial charge is 0.332 e. The third-order valence-electron chi connectivity index (χ3n) is 3.16. The van der Waals surface area contributed by atoms with Crippen LogP contribution < -0.4 is 5.32 Å². The van der Waals surface area contributed by atoms with Crippen molar-refractivity contribution in [3.05, 3.63) is 0 Å². The number of hydrogen-bond acceptors (Lipinski definition) is 4. The predicted octanol–water partition coefficient (Wildman–Crippen LogP) is 1.66. The van der Waals surface area contributed by atoms with Crippen LogP contribution in [-0.2, 0) is 14.3 Å². The maximum Gasteiger partial charge on any atom is 0.332 e. The molecule has 1 heterocycles. The molecule has 1 aliphatic rings. The van der Waals surface area contributed by atoms with Gasteiger partial charge in [0.2, 0.25) is 5.91 Å². The molecule has 0 unspecified atom stereocenters. The van der Waals surface area contributed by atoms with E-state index in [2.05, 4.69) is 11.6 Å². The van der Waals surface area contributed by atoms with Gasteiger partial charge in [0.15, 0.2) is 6.10 Å². The van der Waals surface area contributed by atoms with Crippen LogP contribution >= 0.6 is 11.8 Å². The molecule has 1 rings (SSSR count). The van der Waals surface area contributed by atoms with Gasteiger partial charge in [-0.15, -0.1) is 0 Å². The van der Waals surface area contributed by atoms with Gasteiger partial charge in [0, 0.05) is 6.54 Å². The molecular formula is C13H23NO4S. The SMILES string of the molecule is CSCCCCCCNC(=O)[C@@H]1CC[C@H](C(=O)O)O1. The van der Waals surface area contributed by atoms with Crippen molar-refractivity contribution in [2.24, 2.45) is 0 Å². The highest BCUT2D eigenvalue weighted by Gasteiger charge is 2.34. The molecule has 0 bridgehead atoms. The summed E-state index contributed by atoms with van der Waals surface area (Å²) in [6, 6.07) is 0. The lowest BCUT2D eigenvalue weighted by Crippen LogP contribution is -2.36. The molecule has 19 heavy (non-hydrogen) atoms. The second-order valence-corrected chi connectivity index (χ2v) is 5.71. The van der Waals surface area contributed by atoms with Crippen LogP contribution in [0.2, 0.25) is 0 Å². The molecule has 2 N–H and O–H groups in total. The molecule has 0 aromatic heterocycles. The highest BCUT2D eigenvalue weighted by Crippen LogP contribution is 2.19. The van der Waals surface area contributed by atoms with Gasteiger partial charge in [-0.3, -0.25) is 4.79 Å². The Bertz CT molecular complexity index is 298. The van der Waals surface area contributed by atoms with E-state index < -0.39 is 18.2 Å². The Balaban J connectivity index is 2.04. The van der Waals surface area contributed by atoms with Crippen molar-refractivity contribution in [1.82, 2.24) is 5.32 Å². The van der Waals surface area contributed by atoms with Crippen molar-refractivity contribution in [3.63, 3.8) is 0 Å². The third-order valence-corrected chi connectivity index (χ3v) is 3.86. The van der Waals surface area contributed by atoms with Crippen LogP contribution in [0.1, 0.15) is 38.5 Å². The van der Waals surface area contributed by atoms with E-state index in [1.54, 1.807) is 0 Å². The molecule has 2 atom stereocenters. The fourth-order valence-electron chi connectivity index (χ4n) is 2.06. The van der Waals surface area contributed by atoms with E-state index in [1.165, 1.54) is 18.6 Å². The van der Waals surface area contributed by atoms with Crippen molar-refractivity contribution in [2.45, 2.75) is 50.7 Å². The predicted molar refractivity (Wildman–Crippen MR) is 75.4 cm³/mol. The summed E-state index contributed by atoms with van der Waals surface area (Å²) in [5, 5.41) is 11.6. The molecule has 0 spiro atoms. The summed E-state index contributed by atoms with van der Waals surface area (Å²) in [4.78, 5) is 22.4. The van der Waals surface area contributed by atoms with Crippen molar-refractivity contribution in [2.75, 3.05) is 18.6 Å². The minimum atomic E-state index is -0.982. The highest BCUT2D eigenvalue weighted by atomic mass is 32.2. The lowest BCUT2D eigenvalue weighted by molar-refractivity contribution is -0.151. The van der Waals surface area contributed by atoms with Crippen molar-refractivity contribution in [3.8, 4) is 0 Å². The molecule has 0 radical (unpaired) electrons. The number of rotatable bonds is 9. The molecule has 5 nitrogen and oxygen atoms in total. The van der Waals surface area contributed by atoms with Crippen LogP contribution in [0.5, 0.6) is 0 Å². The zero-order valence-corrected chi connectivity index (χ0v) is 12.2. The molecule has 1 amide bonds. The van der Waals surface area contributed by atoms with Gasteiger partial charge < -0.3 is 15.2 Å². The van der Waals surface area contributed by atoms with E-state index in [0.717, 1.165) is 12.8 Å². The zero-order valence-electron chi connectivity index (χ0n) is 11.4. The summed E-state index contributed by atoms with van der Waals surface area (Å²) >= 11 is 1.86. The van der Waals surface area contributed by atoms with Gasteiger partial charge in [-0.1, -0.05) is 12.8 Å². The van der Waals surface area contributed by atoms with Crippen LogP contribution in [0.4, 0.5) is 0 Å². The van der Waals surface area contributed by atoms with Crippen LogP contribution in [-0.4, -0.2) is 47.7 Å². The second kappa shape index (κ2) is 9.20. The van der Waals surface area contributed by atoms with Gasteiger partial charge in [-0.2, -0.15) is 11.8 Å². The zero-order chi connectivity index (χ0) is 14.1. The first kappa shape index (κ1) is 16.3. The number of carboxylic acids is 1. The van der Waals surface area contributed by atoms with Gasteiger partial charge in [0.25, 0.3) is 0 Å². The first-order valence-electron chi connectivity index (χ1n) is 6.80. The monoisotopic (exact) mass is 289 g/mol. The lowest BCUT2D eigenvalue weighted by atomic mass is 10.2. The van der Waals surface area contributed by atoms with Crippen LogP contribution in [0.3, 0.4) is 0 Å². The minimum Gasteiger partial charge on any atom is -0.479 e. The van der Waals surface area contributed by atoms with E-state index in [-0.39, 0.29) is 5.91 Å². The summed E-state index contributed by atoms with van der Waals surface area (Å²) in [5.74, 6) is 0.0377. The van der Waals surface area contributed by atoms with Crippen LogP contribution in [0.15, 0.2) is 0 Å². The number of carbonyl (C=O) groups is 2. The molecule has 110 valence electrons. The Morgan fingerprint density at radius 1 is 1.21 bits per heavy atom. The molecule has 1 saturated heterocycles. The first-order chi connectivity index (χ1) is 9.15. The van der Waals surface area contributed by atoms with Crippen molar-refractivity contribution < 1.29 is 19.4 Å². The summed E-state index contributed by atoms with van der Waals surface area (Å²) in [6.07, 6.45) is 6.11. The maximum atomic E-state index is 11.7. The minimum absolute atomic E-state index is 0.173. The Kier molecular flexibility index (Phi) is 7.90. The summed E-state index contributed by atoms with van der Waals surface area (Å²) < 4.78 is 5.18. The normalized spacial score (nSPS) is 22.4. The van der Waals surface area contributed by atoms with Gasteiger partial charge in [0.1, 0.15) is 6.10 Å². The van der Waals surface area contributed by atoms with E-state index >= 15 is 0 Å². The maximum absolute atomic E-state index is 11.7. The number of thioether (sulfide) groups is 1. The number of nitrogens with one attached hydrogen (secondary N) is 1. The van der Waals surface area contributed by atoms with Crippen LogP contribution in [0.25, 0.3) is 0 Å². The van der Waals surface area contributed by atoms with Crippen molar-refractivity contribution in [1.29, 1.82) is 0 Å². The van der Waals surface area contributed by atoms with E-state index in [0.29, 0.717) is 19.4 Å². The number of amides is 1. The molecule has 0 aliphatic carbocycles. The summed E-state index contributed by atoms with van der Waals surface area (Å²) in [7, 11) is 0. The Labute approximate surface area is 118 Å². The molecule has 0 saturated carbocycles. The number of aliphatic carboxylic acids is 1. The Morgan fingerprint density at radius 2 is 1.89 bits per heavy atom. The van der Waals surface area contributed by atoms with Crippen LogP contribution in [0, 0.1) is 0 Å². The van der Waals surface area contributed by atoms with E-state index in [9.17, 15) is 9.59 Å². The van der Waals surface area contributed by atoms with E-state index in [1.807, 2.05) is 11.8 Å². The van der Waals surface area contributed by atoms with Gasteiger partial charge in [0.05, 0.1) is 0 Å². The number of ether oxygens (including phenoxy) is 1. The summed E-state index contributed by atoms with van der Waals surface area (Å²) in [5.41, 5.74) is 0. The topological polar surface area (TPSA) is 75.6 Å². The van der Waals surface area contributed by atoms with Gasteiger partial charge in [-0.05, 0) is 37.7 Å².